The maximum atomic E-state index is 13.5. The predicted octanol–water partition coefficient (Wildman–Crippen LogP) is 5.22. The quantitative estimate of drug-likeness (QED) is 0.228. The highest BCUT2D eigenvalue weighted by molar-refractivity contribution is 6.30. The van der Waals surface area contributed by atoms with Crippen LogP contribution in [-0.2, 0) is 14.3 Å². The molecule has 44 heavy (non-hydrogen) atoms. The van der Waals surface area contributed by atoms with Gasteiger partial charge in [-0.15, -0.1) is 0 Å². The Bertz CT molecular complexity index is 1760. The Kier molecular flexibility index (Phi) is 9.80. The van der Waals surface area contributed by atoms with Crippen molar-refractivity contribution in [3.8, 4) is 28.6 Å². The highest BCUT2D eigenvalue weighted by atomic mass is 35.5. The molecule has 4 aromatic rings. The van der Waals surface area contributed by atoms with Crippen LogP contribution in [0.4, 0.5) is 5.69 Å². The Morgan fingerprint density at radius 2 is 1.66 bits per heavy atom. The molecule has 0 saturated heterocycles. The third-order valence-corrected chi connectivity index (χ3v) is 6.28. The number of fused-ring (bicyclic) bond motifs is 1. The molecule has 0 saturated carbocycles. The van der Waals surface area contributed by atoms with Crippen molar-refractivity contribution in [1.29, 1.82) is 0 Å². The molecule has 230 valence electrons. The summed E-state index contributed by atoms with van der Waals surface area (Å²) in [5.74, 6) is -1.27. The zero-order valence-corrected chi connectivity index (χ0v) is 25.5. The second-order valence-corrected chi connectivity index (χ2v) is 10.9. The summed E-state index contributed by atoms with van der Waals surface area (Å²) < 4.78 is 27.9. The minimum atomic E-state index is -0.705. The normalized spacial score (nSPS) is 11.0. The van der Waals surface area contributed by atoms with Gasteiger partial charge < -0.3 is 34.0 Å². The largest absolute Gasteiger partial charge is 0.493 e. The molecule has 3 aromatic carbocycles. The van der Waals surface area contributed by atoms with Gasteiger partial charge in [-0.25, -0.2) is 0 Å². The molecular weight excluding hydrogens is 592 g/mol. The van der Waals surface area contributed by atoms with Gasteiger partial charge in [-0.2, -0.15) is 0 Å². The molecule has 0 atom stereocenters. The summed E-state index contributed by atoms with van der Waals surface area (Å²) in [4.78, 5) is 50.8. The molecule has 1 heterocycles. The van der Waals surface area contributed by atoms with Crippen molar-refractivity contribution in [1.82, 2.24) is 5.32 Å². The summed E-state index contributed by atoms with van der Waals surface area (Å²) in [5.41, 5.74) is 0.241. The molecule has 0 bridgehead atoms. The number of hydrogen-bond acceptors (Lipinski definition) is 9. The molecule has 0 spiro atoms. The zero-order valence-electron chi connectivity index (χ0n) is 24.7. The van der Waals surface area contributed by atoms with E-state index in [0.717, 1.165) is 0 Å². The van der Waals surface area contributed by atoms with Gasteiger partial charge in [-0.3, -0.25) is 19.2 Å². The van der Waals surface area contributed by atoms with Crippen LogP contribution >= 0.6 is 11.6 Å². The average molecular weight is 623 g/mol. The molecule has 4 rings (SSSR count). The van der Waals surface area contributed by atoms with E-state index in [1.54, 1.807) is 69.3 Å². The van der Waals surface area contributed by atoms with E-state index in [1.807, 2.05) is 0 Å². The third kappa shape index (κ3) is 7.87. The Hall–Kier alpha value is -5.03. The fourth-order valence-electron chi connectivity index (χ4n) is 4.16. The lowest BCUT2D eigenvalue weighted by Crippen LogP contribution is -2.36. The highest BCUT2D eigenvalue weighted by Gasteiger charge is 2.23. The molecule has 2 N–H and O–H groups in total. The van der Waals surface area contributed by atoms with Crippen LogP contribution in [0.25, 0.3) is 22.3 Å². The van der Waals surface area contributed by atoms with Gasteiger partial charge in [0.25, 0.3) is 11.8 Å². The van der Waals surface area contributed by atoms with E-state index in [0.29, 0.717) is 21.8 Å². The first kappa shape index (κ1) is 31.9. The number of carbonyl (C=O) groups excluding carboxylic acids is 3. The summed E-state index contributed by atoms with van der Waals surface area (Å²) >= 11 is 5.92. The zero-order chi connectivity index (χ0) is 32.0. The molecule has 2 amide bonds. The fraction of sp³-hybridized carbons (Fsp3) is 0.250. The maximum absolute atomic E-state index is 13.5. The second kappa shape index (κ2) is 13.5. The minimum absolute atomic E-state index is 0.00276. The fourth-order valence-corrected chi connectivity index (χ4v) is 4.29. The summed E-state index contributed by atoms with van der Waals surface area (Å²) in [6.07, 6.45) is 0. The van der Waals surface area contributed by atoms with Gasteiger partial charge in [0.05, 0.1) is 14.2 Å². The molecule has 0 aliphatic carbocycles. The van der Waals surface area contributed by atoms with E-state index in [1.165, 1.54) is 26.4 Å². The van der Waals surface area contributed by atoms with Crippen LogP contribution in [-0.4, -0.2) is 50.8 Å². The van der Waals surface area contributed by atoms with E-state index in [9.17, 15) is 19.2 Å². The van der Waals surface area contributed by atoms with E-state index < -0.39 is 29.5 Å². The first-order chi connectivity index (χ1) is 20.9. The number of carbonyl (C=O) groups is 3. The molecule has 0 aliphatic rings. The number of esters is 1. The number of hydrogen-bond donors (Lipinski definition) is 2. The van der Waals surface area contributed by atoms with Crippen molar-refractivity contribution in [3.63, 3.8) is 0 Å². The Balaban J connectivity index is 1.62. The van der Waals surface area contributed by atoms with Crippen LogP contribution in [0.3, 0.4) is 0 Å². The van der Waals surface area contributed by atoms with Crippen molar-refractivity contribution >= 4 is 46.0 Å². The predicted molar refractivity (Wildman–Crippen MR) is 165 cm³/mol. The van der Waals surface area contributed by atoms with Crippen molar-refractivity contribution in [3.05, 3.63) is 81.5 Å². The Morgan fingerprint density at radius 1 is 0.932 bits per heavy atom. The highest BCUT2D eigenvalue weighted by Crippen LogP contribution is 2.43. The molecule has 0 fully saturated rings. The van der Waals surface area contributed by atoms with Crippen LogP contribution in [0, 0.1) is 0 Å². The summed E-state index contributed by atoms with van der Waals surface area (Å²) in [7, 11) is 2.75. The second-order valence-electron chi connectivity index (χ2n) is 10.5. The third-order valence-electron chi connectivity index (χ3n) is 6.03. The van der Waals surface area contributed by atoms with Crippen LogP contribution < -0.4 is 30.3 Å². The first-order valence-electron chi connectivity index (χ1n) is 13.4. The summed E-state index contributed by atoms with van der Waals surface area (Å²) in [6.45, 7) is 4.22. The number of halogens is 1. The number of anilines is 1. The Labute approximate surface area is 258 Å². The van der Waals surface area contributed by atoms with E-state index in [2.05, 4.69) is 10.6 Å². The molecule has 0 radical (unpaired) electrons. The van der Waals surface area contributed by atoms with Crippen LogP contribution in [0.5, 0.6) is 17.2 Å². The van der Waals surface area contributed by atoms with Crippen molar-refractivity contribution in [2.45, 2.75) is 26.4 Å². The molecule has 1 aromatic heterocycles. The molecule has 11 nitrogen and oxygen atoms in total. The topological polar surface area (TPSA) is 142 Å². The summed E-state index contributed by atoms with van der Waals surface area (Å²) in [6, 6.07) is 16.0. The molecule has 0 aliphatic heterocycles. The monoisotopic (exact) mass is 622 g/mol. The lowest BCUT2D eigenvalue weighted by atomic mass is 10.1. The minimum Gasteiger partial charge on any atom is -0.493 e. The van der Waals surface area contributed by atoms with Gasteiger partial charge >= 0.3 is 5.97 Å². The van der Waals surface area contributed by atoms with Crippen molar-refractivity contribution in [2.75, 3.05) is 32.7 Å². The van der Waals surface area contributed by atoms with Gasteiger partial charge in [0, 0.05) is 34.0 Å². The van der Waals surface area contributed by atoms with E-state index in [4.69, 9.17) is 35.0 Å². The van der Waals surface area contributed by atoms with E-state index >= 15 is 0 Å². The number of amides is 2. The van der Waals surface area contributed by atoms with Gasteiger partial charge in [0.2, 0.25) is 5.75 Å². The number of nitrogens with one attached hydrogen (secondary N) is 2. The van der Waals surface area contributed by atoms with Crippen LogP contribution in [0.15, 0.2) is 69.9 Å². The first-order valence-corrected chi connectivity index (χ1v) is 13.8. The summed E-state index contributed by atoms with van der Waals surface area (Å²) in [5, 5.41) is 5.75. The standard InChI is InChI=1S/C32H31ClN2O9/c1-32(2,3)44-27(38)16-34-26(37)17-42-30-28-22(36)14-23(43-24(28)15-25(40-4)29(30)41-5)18-7-6-8-19(13-18)31(39)35-21-11-9-20(33)10-12-21/h6-15H,16-17H2,1-5H3,(H,34,37)(H,35,39). The molecule has 0 unspecified atom stereocenters. The van der Waals surface area contributed by atoms with Crippen molar-refractivity contribution < 1.29 is 37.7 Å². The van der Waals surface area contributed by atoms with E-state index in [-0.39, 0.29) is 46.4 Å². The SMILES string of the molecule is COc1cc2oc(-c3cccc(C(=O)Nc4ccc(Cl)cc4)c3)cc(=O)c2c(OCC(=O)NCC(=O)OC(C)(C)C)c1OC. The molecule has 12 heteroatoms. The maximum Gasteiger partial charge on any atom is 0.325 e. The van der Waals surface area contributed by atoms with Crippen LogP contribution in [0.2, 0.25) is 5.02 Å². The lowest BCUT2D eigenvalue weighted by Gasteiger charge is -2.19. The molecular formula is C32H31ClN2O9. The number of ether oxygens (including phenoxy) is 4. The lowest BCUT2D eigenvalue weighted by molar-refractivity contribution is -0.154. The van der Waals surface area contributed by atoms with Gasteiger partial charge in [-0.1, -0.05) is 23.7 Å². The smallest absolute Gasteiger partial charge is 0.325 e. The average Bonchev–Trinajstić information content (AvgIpc) is 2.98. The van der Waals surface area contributed by atoms with Gasteiger partial charge in [0.15, 0.2) is 23.5 Å². The van der Waals surface area contributed by atoms with Crippen LogP contribution in [0.1, 0.15) is 31.1 Å². The number of methoxy groups -OCH3 is 2. The van der Waals surface area contributed by atoms with Gasteiger partial charge in [0.1, 0.15) is 28.9 Å². The van der Waals surface area contributed by atoms with Gasteiger partial charge in [-0.05, 0) is 57.2 Å². The number of rotatable bonds is 10. The number of benzene rings is 3. The Morgan fingerprint density at radius 3 is 2.32 bits per heavy atom. The van der Waals surface area contributed by atoms with Crippen molar-refractivity contribution in [2.24, 2.45) is 0 Å².